The molecule has 3 rings (SSSR count). The first-order valence-electron chi connectivity index (χ1n) is 8.99. The van der Waals surface area contributed by atoms with E-state index in [1.807, 2.05) is 0 Å². The summed E-state index contributed by atoms with van der Waals surface area (Å²) in [6.45, 7) is 3.28. The summed E-state index contributed by atoms with van der Waals surface area (Å²) >= 11 is 0. The molecule has 0 fully saturated rings. The summed E-state index contributed by atoms with van der Waals surface area (Å²) in [7, 11) is -4.31. The van der Waals surface area contributed by atoms with Crippen LogP contribution in [-0.4, -0.2) is 54.5 Å². The molecule has 4 N–H and O–H groups in total. The SMILES string of the molecule is CCn1cc(S(=O)(=O)N2C[C@H](CNC(C)=O)Oc3ccc(NC(=O)O)cc32)c(=O)[nH]1. The van der Waals surface area contributed by atoms with E-state index in [2.05, 4.69) is 15.7 Å². The van der Waals surface area contributed by atoms with Crippen LogP contribution in [0.4, 0.5) is 16.2 Å². The maximum atomic E-state index is 13.3. The van der Waals surface area contributed by atoms with Crippen LogP contribution >= 0.6 is 0 Å². The molecular formula is C17H21N5O7S. The Labute approximate surface area is 171 Å². The van der Waals surface area contributed by atoms with Gasteiger partial charge in [-0.25, -0.2) is 13.2 Å². The lowest BCUT2D eigenvalue weighted by molar-refractivity contribution is -0.119. The van der Waals surface area contributed by atoms with Gasteiger partial charge in [-0.1, -0.05) is 0 Å². The molecule has 13 heteroatoms. The topological polar surface area (TPSA) is 163 Å². The molecule has 0 spiro atoms. The lowest BCUT2D eigenvalue weighted by atomic mass is 10.2. The molecule has 1 aliphatic rings. The number of sulfonamides is 1. The Morgan fingerprint density at radius 1 is 1.37 bits per heavy atom. The van der Waals surface area contributed by atoms with Crippen molar-refractivity contribution in [1.82, 2.24) is 15.1 Å². The second-order valence-electron chi connectivity index (χ2n) is 6.55. The van der Waals surface area contributed by atoms with Crippen LogP contribution in [0, 0.1) is 0 Å². The first-order chi connectivity index (χ1) is 14.1. The Hall–Kier alpha value is -3.48. The summed E-state index contributed by atoms with van der Waals surface area (Å²) in [5.41, 5.74) is -0.572. The van der Waals surface area contributed by atoms with E-state index < -0.39 is 32.7 Å². The molecule has 1 atom stereocenters. The molecule has 2 aromatic rings. The molecule has 162 valence electrons. The molecule has 0 radical (unpaired) electrons. The molecule has 0 unspecified atom stereocenters. The van der Waals surface area contributed by atoms with Crippen LogP contribution in [0.3, 0.4) is 0 Å². The summed E-state index contributed by atoms with van der Waals surface area (Å²) in [4.78, 5) is 34.0. The van der Waals surface area contributed by atoms with Gasteiger partial charge in [0.05, 0.1) is 18.8 Å². The lowest BCUT2D eigenvalue weighted by Gasteiger charge is -2.35. The van der Waals surface area contributed by atoms with Gasteiger partial charge in [0.25, 0.3) is 15.6 Å². The van der Waals surface area contributed by atoms with Crippen molar-refractivity contribution < 1.29 is 27.9 Å². The first-order valence-corrected chi connectivity index (χ1v) is 10.4. The first kappa shape index (κ1) is 21.2. The van der Waals surface area contributed by atoms with Gasteiger partial charge in [0.1, 0.15) is 11.9 Å². The fraction of sp³-hybridized carbons (Fsp3) is 0.353. The summed E-state index contributed by atoms with van der Waals surface area (Å²) in [6, 6.07) is 4.14. The molecule has 2 heterocycles. The van der Waals surface area contributed by atoms with E-state index in [1.165, 1.54) is 36.0 Å². The minimum Gasteiger partial charge on any atom is -0.484 e. The zero-order valence-electron chi connectivity index (χ0n) is 16.2. The Balaban J connectivity index is 2.07. The van der Waals surface area contributed by atoms with Crippen molar-refractivity contribution in [3.8, 4) is 5.75 Å². The van der Waals surface area contributed by atoms with Crippen LogP contribution in [0.25, 0.3) is 0 Å². The largest absolute Gasteiger partial charge is 0.484 e. The van der Waals surface area contributed by atoms with E-state index in [1.54, 1.807) is 6.92 Å². The van der Waals surface area contributed by atoms with Gasteiger partial charge in [0, 0.05) is 25.4 Å². The van der Waals surface area contributed by atoms with Crippen molar-refractivity contribution in [2.24, 2.45) is 0 Å². The zero-order chi connectivity index (χ0) is 22.1. The number of aromatic amines is 1. The van der Waals surface area contributed by atoms with E-state index in [9.17, 15) is 22.8 Å². The fourth-order valence-corrected chi connectivity index (χ4v) is 4.54. The minimum atomic E-state index is -4.31. The van der Waals surface area contributed by atoms with Crippen LogP contribution in [0.1, 0.15) is 13.8 Å². The van der Waals surface area contributed by atoms with Crippen molar-refractivity contribution in [2.75, 3.05) is 22.7 Å². The van der Waals surface area contributed by atoms with Gasteiger partial charge in [0.15, 0.2) is 4.90 Å². The van der Waals surface area contributed by atoms with Crippen molar-refractivity contribution in [3.63, 3.8) is 0 Å². The predicted molar refractivity (Wildman–Crippen MR) is 106 cm³/mol. The van der Waals surface area contributed by atoms with Crippen LogP contribution in [0.2, 0.25) is 0 Å². The Morgan fingerprint density at radius 3 is 2.70 bits per heavy atom. The molecule has 1 aliphatic heterocycles. The molecule has 1 aromatic heterocycles. The maximum Gasteiger partial charge on any atom is 0.409 e. The van der Waals surface area contributed by atoms with E-state index in [0.717, 1.165) is 4.31 Å². The number of aromatic nitrogens is 2. The van der Waals surface area contributed by atoms with E-state index in [4.69, 9.17) is 9.84 Å². The summed E-state index contributed by atoms with van der Waals surface area (Å²) in [5.74, 6) is -0.140. The lowest BCUT2D eigenvalue weighted by Crippen LogP contribution is -2.48. The highest BCUT2D eigenvalue weighted by Crippen LogP contribution is 2.38. The number of fused-ring (bicyclic) bond motifs is 1. The average Bonchev–Trinajstić information content (AvgIpc) is 3.07. The van der Waals surface area contributed by atoms with Gasteiger partial charge in [-0.2, -0.15) is 0 Å². The van der Waals surface area contributed by atoms with Gasteiger partial charge in [-0.15, -0.1) is 0 Å². The fourth-order valence-electron chi connectivity index (χ4n) is 3.00. The monoisotopic (exact) mass is 439 g/mol. The normalized spacial score (nSPS) is 15.8. The Bertz CT molecular complexity index is 1140. The number of hydrogen-bond acceptors (Lipinski definition) is 6. The van der Waals surface area contributed by atoms with Gasteiger partial charge in [-0.3, -0.25) is 29.0 Å². The molecule has 0 aliphatic carbocycles. The van der Waals surface area contributed by atoms with E-state index in [-0.39, 0.29) is 36.1 Å². The molecule has 0 bridgehead atoms. The number of hydrogen-bond donors (Lipinski definition) is 4. The number of nitrogens with one attached hydrogen (secondary N) is 3. The Kier molecular flexibility index (Phi) is 5.73. The average molecular weight is 439 g/mol. The molecule has 12 nitrogen and oxygen atoms in total. The zero-order valence-corrected chi connectivity index (χ0v) is 17.0. The van der Waals surface area contributed by atoms with Crippen LogP contribution < -0.4 is 25.2 Å². The van der Waals surface area contributed by atoms with Crippen molar-refractivity contribution in [2.45, 2.75) is 31.4 Å². The third-order valence-corrected chi connectivity index (χ3v) is 6.14. The van der Waals surface area contributed by atoms with Crippen molar-refractivity contribution >= 4 is 33.4 Å². The standard InChI is InChI=1S/C17H21N5O7S/c1-3-21-9-15(16(24)20-21)30(27,28)22-8-12(7-18-10(2)23)29-14-5-4-11(6-13(14)22)19-17(25)26/h4-6,9,12,19H,3,7-8H2,1-2H3,(H,18,23)(H,20,24)(H,25,26)/t12-/m0/s1. The number of carboxylic acid groups (broad SMARTS) is 1. The Morgan fingerprint density at radius 2 is 2.10 bits per heavy atom. The molecule has 1 aromatic carbocycles. The second-order valence-corrected chi connectivity index (χ2v) is 8.38. The predicted octanol–water partition coefficient (Wildman–Crippen LogP) is 0.379. The molecule has 30 heavy (non-hydrogen) atoms. The maximum absolute atomic E-state index is 13.3. The number of H-pyrrole nitrogens is 1. The molecule has 0 saturated heterocycles. The second kappa shape index (κ2) is 8.10. The highest BCUT2D eigenvalue weighted by molar-refractivity contribution is 7.92. The number of benzene rings is 1. The van der Waals surface area contributed by atoms with Gasteiger partial charge < -0.3 is 15.2 Å². The number of nitrogens with zero attached hydrogens (tertiary/aromatic N) is 2. The molecule has 0 saturated carbocycles. The molecular weight excluding hydrogens is 418 g/mol. The number of carbonyl (C=O) groups excluding carboxylic acids is 1. The summed E-state index contributed by atoms with van der Waals surface area (Å²) in [5, 5.41) is 16.1. The van der Waals surface area contributed by atoms with Gasteiger partial charge >= 0.3 is 6.09 Å². The number of anilines is 2. The van der Waals surface area contributed by atoms with Crippen molar-refractivity contribution in [1.29, 1.82) is 0 Å². The van der Waals surface area contributed by atoms with Crippen LogP contribution in [0.15, 0.2) is 34.1 Å². The smallest absolute Gasteiger partial charge is 0.409 e. The van der Waals surface area contributed by atoms with E-state index >= 15 is 0 Å². The summed E-state index contributed by atoms with van der Waals surface area (Å²) < 4.78 is 34.8. The highest BCUT2D eigenvalue weighted by Gasteiger charge is 2.37. The molecule has 2 amide bonds. The van der Waals surface area contributed by atoms with E-state index in [0.29, 0.717) is 6.54 Å². The van der Waals surface area contributed by atoms with Crippen LogP contribution in [-0.2, 0) is 21.4 Å². The quantitative estimate of drug-likeness (QED) is 0.505. The number of rotatable bonds is 6. The summed E-state index contributed by atoms with van der Waals surface area (Å²) in [6.07, 6.45) is -0.836. The number of amides is 2. The minimum absolute atomic E-state index is 0.0439. The third kappa shape index (κ3) is 4.25. The third-order valence-electron chi connectivity index (χ3n) is 4.37. The highest BCUT2D eigenvalue weighted by atomic mass is 32.2. The number of carbonyl (C=O) groups is 2. The number of aryl methyl sites for hydroxylation is 1. The van der Waals surface area contributed by atoms with Gasteiger partial charge in [-0.05, 0) is 25.1 Å². The van der Waals surface area contributed by atoms with Gasteiger partial charge in [0.2, 0.25) is 5.91 Å². The van der Waals surface area contributed by atoms with Crippen LogP contribution in [0.5, 0.6) is 5.75 Å². The number of ether oxygens (including phenoxy) is 1. The van der Waals surface area contributed by atoms with Crippen molar-refractivity contribution in [3.05, 3.63) is 34.7 Å².